The van der Waals surface area contributed by atoms with Crippen molar-refractivity contribution in [2.45, 2.75) is 55.4 Å². The number of methoxy groups -OCH3 is 2. The van der Waals surface area contributed by atoms with Gasteiger partial charge < -0.3 is 25.4 Å². The molecule has 0 heterocycles. The molecule has 0 unspecified atom stereocenters. The molecule has 1 amide bonds. The van der Waals surface area contributed by atoms with Crippen molar-refractivity contribution in [1.82, 2.24) is 10.6 Å². The Morgan fingerprint density at radius 3 is 2.38 bits per heavy atom. The summed E-state index contributed by atoms with van der Waals surface area (Å²) in [5.74, 6) is 0.953. The van der Waals surface area contributed by atoms with E-state index < -0.39 is 9.96 Å². The van der Waals surface area contributed by atoms with Gasteiger partial charge in [-0.25, -0.2) is 0 Å². The quantitative estimate of drug-likeness (QED) is 0.174. The van der Waals surface area contributed by atoms with Crippen LogP contribution in [0.2, 0.25) is 0 Å². The molecule has 10 heteroatoms. The Morgan fingerprint density at radius 2 is 1.79 bits per heavy atom. The Balaban J connectivity index is 2.69. The number of carbonyl (C=O) groups is 1. The number of unbranched alkanes of at least 4 members (excludes halogenated alkanes) is 4. The summed E-state index contributed by atoms with van der Waals surface area (Å²) >= 11 is 23.4. The van der Waals surface area contributed by atoms with Crippen LogP contribution in [-0.4, -0.2) is 35.2 Å². The predicted molar refractivity (Wildman–Crippen MR) is 124 cm³/mol. The molecule has 0 aliphatic rings. The van der Waals surface area contributed by atoms with Crippen molar-refractivity contribution in [3.05, 3.63) is 18.2 Å². The SMILES string of the molecule is CCCCCCCC(=O)N[C@@H](NC(=S)Nc1cc(OC)ccc1OC)C(Cl)(Cl)Cl. The van der Waals surface area contributed by atoms with Gasteiger partial charge in [0.2, 0.25) is 9.70 Å². The molecule has 1 atom stereocenters. The molecule has 164 valence electrons. The van der Waals surface area contributed by atoms with Gasteiger partial charge in [-0.15, -0.1) is 0 Å². The zero-order valence-corrected chi connectivity index (χ0v) is 19.9. The summed E-state index contributed by atoms with van der Waals surface area (Å²) in [6.45, 7) is 2.14. The standard InChI is InChI=1S/C19H28Cl3N3O3S/c1-4-5-6-7-8-9-16(26)24-17(19(20,21)22)25-18(29)23-14-12-13(27-2)10-11-15(14)28-3/h10-12,17H,4-9H2,1-3H3,(H,24,26)(H2,23,25,29)/t17-/m0/s1. The van der Waals surface area contributed by atoms with E-state index in [-0.39, 0.29) is 11.0 Å². The van der Waals surface area contributed by atoms with Gasteiger partial charge >= 0.3 is 0 Å². The smallest absolute Gasteiger partial charge is 0.228 e. The first kappa shape index (κ1) is 25.9. The first-order valence-corrected chi connectivity index (χ1v) is 10.9. The van der Waals surface area contributed by atoms with Crippen LogP contribution in [0.25, 0.3) is 0 Å². The fourth-order valence-corrected chi connectivity index (χ4v) is 3.08. The minimum absolute atomic E-state index is 0.149. The fraction of sp³-hybridized carbons (Fsp3) is 0.579. The lowest BCUT2D eigenvalue weighted by atomic mass is 10.1. The van der Waals surface area contributed by atoms with Crippen molar-refractivity contribution in [1.29, 1.82) is 0 Å². The monoisotopic (exact) mass is 483 g/mol. The van der Waals surface area contributed by atoms with Crippen LogP contribution in [0.1, 0.15) is 45.4 Å². The lowest BCUT2D eigenvalue weighted by Crippen LogP contribution is -2.56. The molecule has 3 N–H and O–H groups in total. The van der Waals surface area contributed by atoms with Crippen LogP contribution in [0, 0.1) is 0 Å². The highest BCUT2D eigenvalue weighted by molar-refractivity contribution is 7.80. The van der Waals surface area contributed by atoms with E-state index in [1.807, 2.05) is 0 Å². The maximum Gasteiger partial charge on any atom is 0.228 e. The van der Waals surface area contributed by atoms with E-state index in [4.69, 9.17) is 56.5 Å². The first-order chi connectivity index (χ1) is 13.7. The van der Waals surface area contributed by atoms with Crippen molar-refractivity contribution in [3.63, 3.8) is 0 Å². The molecule has 1 aromatic rings. The Labute approximate surface area is 192 Å². The fourth-order valence-electron chi connectivity index (χ4n) is 2.52. The van der Waals surface area contributed by atoms with E-state index in [2.05, 4.69) is 22.9 Å². The van der Waals surface area contributed by atoms with Gasteiger partial charge in [-0.2, -0.15) is 0 Å². The molecule has 0 saturated heterocycles. The second-order valence-corrected chi connectivity index (χ2v) is 9.15. The highest BCUT2D eigenvalue weighted by Crippen LogP contribution is 2.31. The molecule has 0 aromatic heterocycles. The van der Waals surface area contributed by atoms with Crippen LogP contribution in [0.3, 0.4) is 0 Å². The van der Waals surface area contributed by atoms with Gasteiger partial charge in [-0.3, -0.25) is 4.79 Å². The van der Waals surface area contributed by atoms with E-state index in [9.17, 15) is 4.79 Å². The van der Waals surface area contributed by atoms with Crippen molar-refractivity contribution in [3.8, 4) is 11.5 Å². The minimum atomic E-state index is -1.80. The van der Waals surface area contributed by atoms with Crippen molar-refractivity contribution in [2.24, 2.45) is 0 Å². The highest BCUT2D eigenvalue weighted by Gasteiger charge is 2.34. The Morgan fingerprint density at radius 1 is 1.10 bits per heavy atom. The lowest BCUT2D eigenvalue weighted by molar-refractivity contribution is -0.122. The largest absolute Gasteiger partial charge is 0.497 e. The molecule has 0 aliphatic heterocycles. The van der Waals surface area contributed by atoms with Crippen molar-refractivity contribution < 1.29 is 14.3 Å². The summed E-state index contributed by atoms with van der Waals surface area (Å²) in [7, 11) is 3.09. The molecule has 0 bridgehead atoms. The number of hydrogen-bond acceptors (Lipinski definition) is 4. The minimum Gasteiger partial charge on any atom is -0.497 e. The molecule has 29 heavy (non-hydrogen) atoms. The van der Waals surface area contributed by atoms with Crippen molar-refractivity contribution in [2.75, 3.05) is 19.5 Å². The summed E-state index contributed by atoms with van der Waals surface area (Å²) in [6, 6.07) is 5.20. The van der Waals surface area contributed by atoms with Crippen LogP contribution >= 0.6 is 47.0 Å². The molecule has 0 radical (unpaired) electrons. The number of benzene rings is 1. The molecular weight excluding hydrogens is 457 g/mol. The summed E-state index contributed by atoms with van der Waals surface area (Å²) in [4.78, 5) is 12.2. The molecule has 0 aliphatic carbocycles. The third-order valence-corrected chi connectivity index (χ3v) is 4.94. The number of carbonyl (C=O) groups excluding carboxylic acids is 1. The molecular formula is C19H28Cl3N3O3S. The first-order valence-electron chi connectivity index (χ1n) is 9.36. The Bertz CT molecular complexity index is 672. The number of rotatable bonds is 11. The summed E-state index contributed by atoms with van der Waals surface area (Å²) in [5, 5.41) is 8.63. The molecule has 0 spiro atoms. The zero-order valence-electron chi connectivity index (χ0n) is 16.8. The van der Waals surface area contributed by atoms with E-state index in [1.54, 1.807) is 25.3 Å². The lowest BCUT2D eigenvalue weighted by Gasteiger charge is -2.28. The summed E-state index contributed by atoms with van der Waals surface area (Å²) < 4.78 is 8.70. The number of hydrogen-bond donors (Lipinski definition) is 3. The molecule has 0 saturated carbocycles. The summed E-state index contributed by atoms with van der Waals surface area (Å²) in [5.41, 5.74) is 0.565. The summed E-state index contributed by atoms with van der Waals surface area (Å²) in [6.07, 6.45) is 4.53. The van der Waals surface area contributed by atoms with Crippen LogP contribution in [0.15, 0.2) is 18.2 Å². The third-order valence-electron chi connectivity index (χ3n) is 4.07. The normalized spacial score (nSPS) is 12.1. The number of halogens is 3. The molecule has 0 fully saturated rings. The van der Waals surface area contributed by atoms with Gasteiger partial charge in [-0.05, 0) is 30.8 Å². The number of ether oxygens (including phenoxy) is 2. The average molecular weight is 485 g/mol. The predicted octanol–water partition coefficient (Wildman–Crippen LogP) is 5.16. The maximum atomic E-state index is 12.2. The highest BCUT2D eigenvalue weighted by atomic mass is 35.6. The van der Waals surface area contributed by atoms with Gasteiger partial charge in [0.25, 0.3) is 0 Å². The van der Waals surface area contributed by atoms with E-state index in [1.165, 1.54) is 7.11 Å². The van der Waals surface area contributed by atoms with E-state index in [0.29, 0.717) is 23.6 Å². The Kier molecular flexibility index (Phi) is 11.8. The van der Waals surface area contributed by atoms with Crippen LogP contribution < -0.4 is 25.4 Å². The van der Waals surface area contributed by atoms with Gasteiger partial charge in [0.15, 0.2) is 5.11 Å². The number of nitrogens with one attached hydrogen (secondary N) is 3. The number of thiocarbonyl (C=S) groups is 1. The number of amides is 1. The van der Waals surface area contributed by atoms with Crippen LogP contribution in [0.5, 0.6) is 11.5 Å². The molecule has 6 nitrogen and oxygen atoms in total. The maximum absolute atomic E-state index is 12.2. The van der Waals surface area contributed by atoms with Gasteiger partial charge in [0.05, 0.1) is 19.9 Å². The average Bonchev–Trinajstić information content (AvgIpc) is 2.66. The second kappa shape index (κ2) is 13.2. The van der Waals surface area contributed by atoms with E-state index >= 15 is 0 Å². The van der Waals surface area contributed by atoms with Gasteiger partial charge in [-0.1, -0.05) is 67.4 Å². The van der Waals surface area contributed by atoms with Crippen LogP contribution in [0.4, 0.5) is 5.69 Å². The third kappa shape index (κ3) is 9.94. The van der Waals surface area contributed by atoms with Gasteiger partial charge in [0, 0.05) is 12.5 Å². The number of anilines is 1. The topological polar surface area (TPSA) is 71.6 Å². The van der Waals surface area contributed by atoms with Crippen molar-refractivity contribution >= 4 is 63.7 Å². The Hall–Kier alpha value is -1.15. The zero-order chi connectivity index (χ0) is 21.9. The van der Waals surface area contributed by atoms with Crippen LogP contribution in [-0.2, 0) is 4.79 Å². The second-order valence-electron chi connectivity index (χ2n) is 6.37. The van der Waals surface area contributed by atoms with E-state index in [0.717, 1.165) is 32.1 Å². The number of alkyl halides is 3. The molecule has 1 aromatic carbocycles. The molecule has 1 rings (SSSR count). The van der Waals surface area contributed by atoms with Gasteiger partial charge in [0.1, 0.15) is 17.7 Å².